The first kappa shape index (κ1) is 10.7. The van der Waals surface area contributed by atoms with Crippen LogP contribution in [0.25, 0.3) is 6.08 Å². The first-order chi connectivity index (χ1) is 6.65. The number of halogens is 1. The van der Waals surface area contributed by atoms with Gasteiger partial charge >= 0.3 is 0 Å². The molecule has 0 fully saturated rings. The maximum absolute atomic E-state index is 10.4. The van der Waals surface area contributed by atoms with E-state index in [0.717, 1.165) is 5.56 Å². The van der Waals surface area contributed by atoms with Crippen LogP contribution in [0, 0.1) is 10.1 Å². The van der Waals surface area contributed by atoms with Gasteiger partial charge in [-0.2, -0.15) is 0 Å². The van der Waals surface area contributed by atoms with Crippen LogP contribution < -0.4 is 5.73 Å². The van der Waals surface area contributed by atoms with E-state index in [1.807, 2.05) is 0 Å². The third kappa shape index (κ3) is 2.55. The van der Waals surface area contributed by atoms with E-state index in [0.29, 0.717) is 11.6 Å². The van der Waals surface area contributed by atoms with Crippen LogP contribution in [0.2, 0.25) is 5.02 Å². The summed E-state index contributed by atoms with van der Waals surface area (Å²) in [5.41, 5.74) is 5.98. The number of rotatable bonds is 3. The lowest BCUT2D eigenvalue weighted by atomic mass is 10.2. The highest BCUT2D eigenvalue weighted by Crippen LogP contribution is 2.23. The Morgan fingerprint density at radius 3 is 2.79 bits per heavy atom. The van der Waals surface area contributed by atoms with Crippen LogP contribution in [0.3, 0.4) is 0 Å². The Bertz CT molecular complexity index is 377. The molecule has 0 unspecified atom stereocenters. The lowest BCUT2D eigenvalue weighted by molar-refractivity contribution is -0.384. The number of hydrogen-bond donors (Lipinski definition) is 1. The molecule has 0 heterocycles. The average molecular weight is 213 g/mol. The van der Waals surface area contributed by atoms with E-state index in [1.165, 1.54) is 12.1 Å². The molecule has 5 heteroatoms. The van der Waals surface area contributed by atoms with Gasteiger partial charge in [0.2, 0.25) is 0 Å². The fraction of sp³-hybridized carbons (Fsp3) is 0.111. The average Bonchev–Trinajstić information content (AvgIpc) is 2.15. The molecule has 1 aromatic rings. The SMILES string of the molecule is NCC=Cc1ccc([N+](=O)[O-])cc1Cl. The molecule has 4 nitrogen and oxygen atoms in total. The molecule has 0 aromatic heterocycles. The number of nitro groups is 1. The molecule has 0 saturated heterocycles. The van der Waals surface area contributed by atoms with E-state index in [9.17, 15) is 10.1 Å². The van der Waals surface area contributed by atoms with Gasteiger partial charge in [-0.25, -0.2) is 0 Å². The summed E-state index contributed by atoms with van der Waals surface area (Å²) in [5.74, 6) is 0. The van der Waals surface area contributed by atoms with Crippen molar-refractivity contribution in [2.24, 2.45) is 5.73 Å². The molecular weight excluding hydrogens is 204 g/mol. The highest BCUT2D eigenvalue weighted by molar-refractivity contribution is 6.32. The van der Waals surface area contributed by atoms with Gasteiger partial charge in [-0.3, -0.25) is 10.1 Å². The van der Waals surface area contributed by atoms with Crippen LogP contribution in [0.15, 0.2) is 24.3 Å². The Balaban J connectivity index is 3.01. The van der Waals surface area contributed by atoms with Crippen LogP contribution in [-0.2, 0) is 0 Å². The third-order valence-corrected chi connectivity index (χ3v) is 1.96. The molecule has 2 N–H and O–H groups in total. The summed E-state index contributed by atoms with van der Waals surface area (Å²) in [7, 11) is 0. The zero-order valence-corrected chi connectivity index (χ0v) is 8.07. The van der Waals surface area contributed by atoms with Gasteiger partial charge in [-0.1, -0.05) is 23.8 Å². The zero-order chi connectivity index (χ0) is 10.6. The van der Waals surface area contributed by atoms with Crippen LogP contribution in [0.4, 0.5) is 5.69 Å². The van der Waals surface area contributed by atoms with Crippen molar-refractivity contribution in [1.82, 2.24) is 0 Å². The van der Waals surface area contributed by atoms with Crippen molar-refractivity contribution >= 4 is 23.4 Å². The van der Waals surface area contributed by atoms with Crippen molar-refractivity contribution < 1.29 is 4.92 Å². The molecule has 0 saturated carbocycles. The Morgan fingerprint density at radius 1 is 1.57 bits per heavy atom. The van der Waals surface area contributed by atoms with E-state index in [1.54, 1.807) is 18.2 Å². The molecule has 74 valence electrons. The van der Waals surface area contributed by atoms with Gasteiger partial charge < -0.3 is 5.73 Å². The number of nitrogens with two attached hydrogens (primary N) is 1. The first-order valence-electron chi connectivity index (χ1n) is 3.95. The maximum Gasteiger partial charge on any atom is 0.270 e. The van der Waals surface area contributed by atoms with Crippen molar-refractivity contribution in [3.8, 4) is 0 Å². The topological polar surface area (TPSA) is 69.2 Å². The van der Waals surface area contributed by atoms with Crippen LogP contribution in [0.1, 0.15) is 5.56 Å². The molecule has 1 aromatic carbocycles. The highest BCUT2D eigenvalue weighted by Gasteiger charge is 2.07. The minimum absolute atomic E-state index is 0.0140. The molecule has 14 heavy (non-hydrogen) atoms. The largest absolute Gasteiger partial charge is 0.327 e. The third-order valence-electron chi connectivity index (χ3n) is 1.63. The smallest absolute Gasteiger partial charge is 0.270 e. The number of non-ortho nitro benzene ring substituents is 1. The molecule has 0 radical (unpaired) electrons. The summed E-state index contributed by atoms with van der Waals surface area (Å²) >= 11 is 5.81. The Hall–Kier alpha value is -1.39. The minimum Gasteiger partial charge on any atom is -0.327 e. The van der Waals surface area contributed by atoms with Crippen molar-refractivity contribution in [3.63, 3.8) is 0 Å². The normalized spacial score (nSPS) is 10.7. The fourth-order valence-corrected chi connectivity index (χ4v) is 1.20. The van der Waals surface area contributed by atoms with E-state index in [-0.39, 0.29) is 5.69 Å². The molecule has 0 bridgehead atoms. The lowest BCUT2D eigenvalue weighted by Crippen LogP contribution is -1.92. The molecular formula is C9H9ClN2O2. The number of nitrogens with zero attached hydrogens (tertiary/aromatic N) is 1. The van der Waals surface area contributed by atoms with Crippen LogP contribution in [-0.4, -0.2) is 11.5 Å². The van der Waals surface area contributed by atoms with Gasteiger partial charge in [0.25, 0.3) is 5.69 Å². The van der Waals surface area contributed by atoms with Crippen molar-refractivity contribution in [1.29, 1.82) is 0 Å². The molecule has 1 rings (SSSR count). The van der Waals surface area contributed by atoms with Gasteiger partial charge in [-0.15, -0.1) is 0 Å². The van der Waals surface area contributed by atoms with E-state index in [2.05, 4.69) is 0 Å². The molecule has 0 amide bonds. The predicted molar refractivity (Wildman–Crippen MR) is 56.2 cm³/mol. The van der Waals surface area contributed by atoms with E-state index >= 15 is 0 Å². The Morgan fingerprint density at radius 2 is 2.29 bits per heavy atom. The summed E-state index contributed by atoms with van der Waals surface area (Å²) in [4.78, 5) is 9.90. The standard InChI is InChI=1S/C9H9ClN2O2/c10-9-6-8(12(13)14)4-3-7(9)2-1-5-11/h1-4,6H,5,11H2. The summed E-state index contributed by atoms with van der Waals surface area (Å²) < 4.78 is 0. The van der Waals surface area contributed by atoms with Crippen molar-refractivity contribution in [3.05, 3.63) is 45.0 Å². The van der Waals surface area contributed by atoms with Gasteiger partial charge in [0.1, 0.15) is 0 Å². The molecule has 0 spiro atoms. The van der Waals surface area contributed by atoms with E-state index < -0.39 is 4.92 Å². The minimum atomic E-state index is -0.484. The quantitative estimate of drug-likeness (QED) is 0.617. The number of hydrogen-bond acceptors (Lipinski definition) is 3. The Kier molecular flexibility index (Phi) is 3.62. The summed E-state index contributed by atoms with van der Waals surface area (Å²) in [6.45, 7) is 0.410. The summed E-state index contributed by atoms with van der Waals surface area (Å²) in [5, 5.41) is 10.7. The second-order valence-electron chi connectivity index (χ2n) is 2.60. The molecule has 0 aliphatic heterocycles. The second kappa shape index (κ2) is 4.74. The monoisotopic (exact) mass is 212 g/mol. The summed E-state index contributed by atoms with van der Waals surface area (Å²) in [6, 6.07) is 4.31. The van der Waals surface area contributed by atoms with E-state index in [4.69, 9.17) is 17.3 Å². The van der Waals surface area contributed by atoms with Crippen molar-refractivity contribution in [2.45, 2.75) is 0 Å². The second-order valence-corrected chi connectivity index (χ2v) is 3.01. The van der Waals surface area contributed by atoms with Gasteiger partial charge in [-0.05, 0) is 11.6 Å². The van der Waals surface area contributed by atoms with Crippen LogP contribution in [0.5, 0.6) is 0 Å². The molecule has 0 aliphatic carbocycles. The maximum atomic E-state index is 10.4. The fourth-order valence-electron chi connectivity index (χ4n) is 0.960. The van der Waals surface area contributed by atoms with Crippen LogP contribution >= 0.6 is 11.6 Å². The number of nitro benzene ring substituents is 1. The zero-order valence-electron chi connectivity index (χ0n) is 7.31. The number of benzene rings is 1. The van der Waals surface area contributed by atoms with Crippen molar-refractivity contribution in [2.75, 3.05) is 6.54 Å². The van der Waals surface area contributed by atoms with Gasteiger partial charge in [0, 0.05) is 18.7 Å². The predicted octanol–water partition coefficient (Wildman–Crippen LogP) is 2.22. The molecule has 0 atom stereocenters. The van der Waals surface area contributed by atoms with Gasteiger partial charge in [0.05, 0.1) is 9.95 Å². The summed E-state index contributed by atoms with van der Waals surface area (Å²) in [6.07, 6.45) is 3.46. The Labute approximate surface area is 86.1 Å². The highest BCUT2D eigenvalue weighted by atomic mass is 35.5. The lowest BCUT2D eigenvalue weighted by Gasteiger charge is -1.97. The first-order valence-corrected chi connectivity index (χ1v) is 4.33. The molecule has 0 aliphatic rings. The van der Waals surface area contributed by atoms with Gasteiger partial charge in [0.15, 0.2) is 0 Å².